The van der Waals surface area contributed by atoms with Gasteiger partial charge >= 0.3 is 0 Å². The summed E-state index contributed by atoms with van der Waals surface area (Å²) in [4.78, 5) is 3.71. The fourth-order valence-electron chi connectivity index (χ4n) is 1.66. The van der Waals surface area contributed by atoms with Crippen LogP contribution in [0.2, 0.25) is 10.2 Å². The molecule has 9 heteroatoms. The number of nitrogens with one attached hydrogen (secondary N) is 1. The second-order valence-electron chi connectivity index (χ2n) is 4.11. The Kier molecular flexibility index (Phi) is 5.00. The Balaban J connectivity index is 2.41. The van der Waals surface area contributed by atoms with Gasteiger partial charge in [-0.15, -0.1) is 0 Å². The van der Waals surface area contributed by atoms with Crippen molar-refractivity contribution in [3.8, 4) is 11.5 Å². The molecule has 1 aromatic heterocycles. The van der Waals surface area contributed by atoms with Crippen LogP contribution in [-0.2, 0) is 10.0 Å². The van der Waals surface area contributed by atoms with Crippen LogP contribution in [0.25, 0.3) is 0 Å². The van der Waals surface area contributed by atoms with Gasteiger partial charge in [-0.2, -0.15) is 0 Å². The first-order valence-electron chi connectivity index (χ1n) is 5.93. The summed E-state index contributed by atoms with van der Waals surface area (Å²) in [5.41, 5.74) is 0.184. The summed E-state index contributed by atoms with van der Waals surface area (Å²) in [6.07, 6.45) is 1.16. The van der Waals surface area contributed by atoms with Gasteiger partial charge in [-0.1, -0.05) is 23.2 Å². The number of pyridine rings is 1. The molecule has 0 unspecified atom stereocenters. The molecular formula is C13H12Cl2N2O4S. The van der Waals surface area contributed by atoms with E-state index in [9.17, 15) is 8.42 Å². The van der Waals surface area contributed by atoms with Gasteiger partial charge in [-0.05, 0) is 18.2 Å². The zero-order chi connectivity index (χ0) is 16.3. The second kappa shape index (κ2) is 6.60. The molecule has 0 saturated heterocycles. The molecule has 1 aromatic carbocycles. The quantitative estimate of drug-likeness (QED) is 0.826. The van der Waals surface area contributed by atoms with Crippen molar-refractivity contribution in [2.75, 3.05) is 18.9 Å². The van der Waals surface area contributed by atoms with E-state index in [1.54, 1.807) is 0 Å². The largest absolute Gasteiger partial charge is 0.495 e. The average Bonchev–Trinajstić information content (AvgIpc) is 2.47. The number of ether oxygens (including phenoxy) is 2. The molecule has 2 aromatic rings. The Morgan fingerprint density at radius 3 is 2.32 bits per heavy atom. The minimum Gasteiger partial charge on any atom is -0.495 e. The Bertz CT molecular complexity index is 779. The Labute approximate surface area is 138 Å². The zero-order valence-corrected chi connectivity index (χ0v) is 14.0. The van der Waals surface area contributed by atoms with Gasteiger partial charge in [0.15, 0.2) is 0 Å². The lowest BCUT2D eigenvalue weighted by atomic mass is 10.3. The summed E-state index contributed by atoms with van der Waals surface area (Å²) in [7, 11) is -0.994. The predicted octanol–water partition coefficient (Wildman–Crippen LogP) is 3.21. The number of benzene rings is 1. The molecule has 0 radical (unpaired) electrons. The number of rotatable bonds is 5. The van der Waals surface area contributed by atoms with Crippen LogP contribution in [0.1, 0.15) is 0 Å². The molecule has 22 heavy (non-hydrogen) atoms. The summed E-state index contributed by atoms with van der Waals surface area (Å²) in [5.74, 6) is 0.640. The average molecular weight is 363 g/mol. The van der Waals surface area contributed by atoms with Crippen molar-refractivity contribution in [1.29, 1.82) is 0 Å². The first-order chi connectivity index (χ1) is 10.4. The first kappa shape index (κ1) is 16.7. The highest BCUT2D eigenvalue weighted by Crippen LogP contribution is 2.36. The molecule has 6 nitrogen and oxygen atoms in total. The highest BCUT2D eigenvalue weighted by molar-refractivity contribution is 7.92. The second-order valence-corrected chi connectivity index (χ2v) is 6.59. The van der Waals surface area contributed by atoms with Crippen LogP contribution in [-0.4, -0.2) is 27.6 Å². The van der Waals surface area contributed by atoms with Crippen LogP contribution < -0.4 is 14.2 Å². The molecule has 0 saturated carbocycles. The molecule has 1 heterocycles. The van der Waals surface area contributed by atoms with Gasteiger partial charge in [0.1, 0.15) is 21.5 Å². The van der Waals surface area contributed by atoms with Crippen LogP contribution >= 0.6 is 23.2 Å². The molecular weight excluding hydrogens is 351 g/mol. The standard InChI is InChI=1S/C13H12Cl2N2O4S/c1-20-11-6-12(21-2)10(5-9(11)14)17-22(18,19)8-3-4-13(15)16-7-8/h3-7,17H,1-2H3. The van der Waals surface area contributed by atoms with E-state index in [-0.39, 0.29) is 26.5 Å². The van der Waals surface area contributed by atoms with Gasteiger partial charge < -0.3 is 9.47 Å². The Morgan fingerprint density at radius 1 is 1.09 bits per heavy atom. The highest BCUT2D eigenvalue weighted by atomic mass is 35.5. The number of nitrogens with zero attached hydrogens (tertiary/aromatic N) is 1. The van der Waals surface area contributed by atoms with Gasteiger partial charge in [-0.25, -0.2) is 13.4 Å². The minimum absolute atomic E-state index is 0.0362. The maximum absolute atomic E-state index is 12.3. The monoisotopic (exact) mass is 362 g/mol. The molecule has 0 bridgehead atoms. The molecule has 0 spiro atoms. The van der Waals surface area contributed by atoms with Crippen molar-refractivity contribution >= 4 is 38.9 Å². The number of aromatic nitrogens is 1. The van der Waals surface area contributed by atoms with Crippen molar-refractivity contribution in [3.63, 3.8) is 0 Å². The van der Waals surface area contributed by atoms with E-state index < -0.39 is 10.0 Å². The summed E-state index contributed by atoms with van der Waals surface area (Å²) in [6.45, 7) is 0. The minimum atomic E-state index is -3.85. The number of hydrogen-bond donors (Lipinski definition) is 1. The number of halogens is 2. The van der Waals surface area contributed by atoms with Crippen LogP contribution in [0, 0.1) is 0 Å². The number of sulfonamides is 1. The van der Waals surface area contributed by atoms with Gasteiger partial charge in [0.05, 0.1) is 24.9 Å². The van der Waals surface area contributed by atoms with Gasteiger partial charge in [-0.3, -0.25) is 4.72 Å². The topological polar surface area (TPSA) is 77.5 Å². The fourth-order valence-corrected chi connectivity index (χ4v) is 3.02. The highest BCUT2D eigenvalue weighted by Gasteiger charge is 2.19. The fraction of sp³-hybridized carbons (Fsp3) is 0.154. The number of methoxy groups -OCH3 is 2. The van der Waals surface area contributed by atoms with Crippen molar-refractivity contribution in [2.45, 2.75) is 4.90 Å². The molecule has 0 aliphatic rings. The predicted molar refractivity (Wildman–Crippen MR) is 84.6 cm³/mol. The molecule has 0 aliphatic heterocycles. The van der Waals surface area contributed by atoms with Gasteiger partial charge in [0.25, 0.3) is 10.0 Å². The van der Waals surface area contributed by atoms with E-state index in [4.69, 9.17) is 32.7 Å². The zero-order valence-electron chi connectivity index (χ0n) is 11.6. The lowest BCUT2D eigenvalue weighted by Crippen LogP contribution is -2.14. The molecule has 0 aliphatic carbocycles. The molecule has 118 valence electrons. The lowest BCUT2D eigenvalue weighted by molar-refractivity contribution is 0.396. The number of hydrogen-bond acceptors (Lipinski definition) is 5. The first-order valence-corrected chi connectivity index (χ1v) is 8.17. The van der Waals surface area contributed by atoms with Crippen molar-refractivity contribution in [2.24, 2.45) is 0 Å². The molecule has 1 N–H and O–H groups in total. The molecule has 0 fully saturated rings. The van der Waals surface area contributed by atoms with E-state index in [2.05, 4.69) is 9.71 Å². The maximum Gasteiger partial charge on any atom is 0.263 e. The van der Waals surface area contributed by atoms with Crippen LogP contribution in [0.5, 0.6) is 11.5 Å². The Hall–Kier alpha value is -1.70. The van der Waals surface area contributed by atoms with Crippen LogP contribution in [0.4, 0.5) is 5.69 Å². The summed E-state index contributed by atoms with van der Waals surface area (Å²) in [5, 5.41) is 0.444. The molecule has 2 rings (SSSR count). The SMILES string of the molecule is COc1cc(OC)c(NS(=O)(=O)c2ccc(Cl)nc2)cc1Cl. The van der Waals surface area contributed by atoms with Crippen molar-refractivity contribution in [3.05, 3.63) is 40.6 Å². The lowest BCUT2D eigenvalue weighted by Gasteiger charge is -2.14. The van der Waals surface area contributed by atoms with Crippen LogP contribution in [0.15, 0.2) is 35.4 Å². The molecule has 0 amide bonds. The van der Waals surface area contributed by atoms with Crippen LogP contribution in [0.3, 0.4) is 0 Å². The third kappa shape index (κ3) is 3.55. The third-order valence-electron chi connectivity index (χ3n) is 2.73. The van der Waals surface area contributed by atoms with Gasteiger partial charge in [0.2, 0.25) is 0 Å². The molecule has 0 atom stereocenters. The summed E-state index contributed by atoms with van der Waals surface area (Å²) >= 11 is 11.7. The van der Waals surface area contributed by atoms with Gasteiger partial charge in [0, 0.05) is 12.3 Å². The van der Waals surface area contributed by atoms with E-state index in [1.165, 1.54) is 38.5 Å². The van der Waals surface area contributed by atoms with E-state index >= 15 is 0 Å². The summed E-state index contributed by atoms with van der Waals surface area (Å²) in [6, 6.07) is 5.62. The number of anilines is 1. The van der Waals surface area contributed by atoms with E-state index in [1.807, 2.05) is 0 Å². The van der Waals surface area contributed by atoms with Crippen molar-refractivity contribution < 1.29 is 17.9 Å². The van der Waals surface area contributed by atoms with E-state index in [0.29, 0.717) is 5.75 Å². The normalized spacial score (nSPS) is 11.1. The Morgan fingerprint density at radius 2 is 1.77 bits per heavy atom. The third-order valence-corrected chi connectivity index (χ3v) is 4.60. The van der Waals surface area contributed by atoms with Crippen molar-refractivity contribution in [1.82, 2.24) is 4.98 Å². The smallest absolute Gasteiger partial charge is 0.263 e. The maximum atomic E-state index is 12.3. The van der Waals surface area contributed by atoms with E-state index in [0.717, 1.165) is 6.20 Å². The summed E-state index contributed by atoms with van der Waals surface area (Å²) < 4.78 is 37.2.